The highest BCUT2D eigenvalue weighted by Gasteiger charge is 2.23. The summed E-state index contributed by atoms with van der Waals surface area (Å²) in [5, 5.41) is 17.8. The molecule has 3 aliphatic rings. The van der Waals surface area contributed by atoms with Crippen LogP contribution in [0.15, 0.2) is 30.6 Å². The predicted octanol–water partition coefficient (Wildman–Crippen LogP) is 0.376. The molecule has 3 N–H and O–H groups in total. The summed E-state index contributed by atoms with van der Waals surface area (Å²) in [4.78, 5) is 41.0. The highest BCUT2D eigenvalue weighted by atomic mass is 16.3. The topological polar surface area (TPSA) is 142 Å². The number of carbonyl (C=O) groups excluding carboxylic acids is 1. The molecule has 11 heteroatoms. The molecule has 3 heterocycles. The first-order valence-corrected chi connectivity index (χ1v) is 9.93. The maximum Gasteiger partial charge on any atom is 0.326 e. The summed E-state index contributed by atoms with van der Waals surface area (Å²) in [6.07, 6.45) is 7.79. The van der Waals surface area contributed by atoms with Crippen LogP contribution >= 0.6 is 0 Å². The summed E-state index contributed by atoms with van der Waals surface area (Å²) in [5.74, 6) is 1.00. The van der Waals surface area contributed by atoms with Crippen LogP contribution in [0.4, 0.5) is 0 Å². The van der Waals surface area contributed by atoms with Crippen LogP contribution in [0.5, 0.6) is 5.88 Å². The zero-order valence-corrected chi connectivity index (χ0v) is 16.7. The Morgan fingerprint density at radius 1 is 1.27 bits per heavy atom. The molecule has 1 aromatic heterocycles. The van der Waals surface area contributed by atoms with Crippen molar-refractivity contribution >= 4 is 36.1 Å². The van der Waals surface area contributed by atoms with Gasteiger partial charge in [-0.05, 0) is 18.9 Å². The Labute approximate surface area is 172 Å². The number of aromatic amines is 2. The third kappa shape index (κ3) is 4.73. The van der Waals surface area contributed by atoms with Gasteiger partial charge < -0.3 is 19.9 Å². The number of amides is 1. The Morgan fingerprint density at radius 3 is 2.63 bits per heavy atom. The van der Waals surface area contributed by atoms with E-state index in [1.165, 1.54) is 6.21 Å². The predicted molar refractivity (Wildman–Crippen MR) is 114 cm³/mol. The first-order chi connectivity index (χ1) is 14.5. The van der Waals surface area contributed by atoms with Crippen molar-refractivity contribution in [2.45, 2.75) is 32.2 Å². The van der Waals surface area contributed by atoms with E-state index < -0.39 is 5.69 Å². The fourth-order valence-corrected chi connectivity index (χ4v) is 3.25. The molecule has 2 aliphatic heterocycles. The van der Waals surface area contributed by atoms with Crippen LogP contribution in [-0.2, 0) is 4.79 Å². The van der Waals surface area contributed by atoms with Crippen molar-refractivity contribution in [3.05, 3.63) is 21.8 Å². The number of rotatable bonds is 4. The standard InChI is InChI=1S/C19H24N8O3/c1-12(28)26-6-8-27(9-7-26)16(4-5-20-14-2-3-14)23-17-13(11-21-25-17)10-15-18(29)24-19(30)22-15/h5,10-11,14,29H,2-4,6-9H2,1H3,(H2,22,24,30). The number of aliphatic imine (C=N–C) groups is 2. The Morgan fingerprint density at radius 2 is 2.00 bits per heavy atom. The molecular weight excluding hydrogens is 388 g/mol. The average molecular weight is 412 g/mol. The normalized spacial score (nSPS) is 21.2. The SMILES string of the molecule is CC(=O)N1CCN(C(CC=NC2CC2)=NC2=NN=CC2=Cc2[nH]c(=O)[nH]c2O)CC1. The van der Waals surface area contributed by atoms with Gasteiger partial charge in [-0.25, -0.2) is 9.79 Å². The number of carbonyl (C=O) groups is 1. The summed E-state index contributed by atoms with van der Waals surface area (Å²) in [6, 6.07) is 0.428. The summed E-state index contributed by atoms with van der Waals surface area (Å²) >= 11 is 0. The molecule has 1 saturated heterocycles. The van der Waals surface area contributed by atoms with Crippen LogP contribution in [0.25, 0.3) is 6.08 Å². The molecule has 0 radical (unpaired) electrons. The third-order valence-electron chi connectivity index (χ3n) is 5.10. The number of H-pyrrole nitrogens is 2. The first-order valence-electron chi connectivity index (χ1n) is 9.93. The number of imidazole rings is 1. The molecule has 1 saturated carbocycles. The summed E-state index contributed by atoms with van der Waals surface area (Å²) in [7, 11) is 0. The van der Waals surface area contributed by atoms with Gasteiger partial charge in [-0.1, -0.05) is 0 Å². The molecule has 2 fully saturated rings. The van der Waals surface area contributed by atoms with Gasteiger partial charge in [-0.15, -0.1) is 5.10 Å². The summed E-state index contributed by atoms with van der Waals surface area (Å²) in [6.45, 7) is 4.20. The lowest BCUT2D eigenvalue weighted by Gasteiger charge is -2.35. The van der Waals surface area contributed by atoms with Crippen molar-refractivity contribution in [2.75, 3.05) is 26.2 Å². The van der Waals surface area contributed by atoms with Crippen molar-refractivity contribution in [2.24, 2.45) is 20.2 Å². The molecule has 4 rings (SSSR count). The molecular formula is C19H24N8O3. The quantitative estimate of drug-likeness (QED) is 0.485. The van der Waals surface area contributed by atoms with E-state index in [1.807, 2.05) is 11.1 Å². The third-order valence-corrected chi connectivity index (χ3v) is 5.10. The highest BCUT2D eigenvalue weighted by Crippen LogP contribution is 2.23. The van der Waals surface area contributed by atoms with E-state index in [-0.39, 0.29) is 17.5 Å². The summed E-state index contributed by atoms with van der Waals surface area (Å²) < 4.78 is 0. The second-order valence-electron chi connectivity index (χ2n) is 7.40. The highest BCUT2D eigenvalue weighted by molar-refractivity contribution is 6.23. The largest absolute Gasteiger partial charge is 0.493 e. The lowest BCUT2D eigenvalue weighted by Crippen LogP contribution is -2.50. The molecule has 1 aliphatic carbocycles. The Balaban J connectivity index is 1.55. The van der Waals surface area contributed by atoms with Gasteiger partial charge in [0.2, 0.25) is 11.8 Å². The monoisotopic (exact) mass is 412 g/mol. The number of nitrogens with zero attached hydrogens (tertiary/aromatic N) is 6. The van der Waals surface area contributed by atoms with Crippen LogP contribution in [0.2, 0.25) is 0 Å². The number of hydrogen-bond acceptors (Lipinski definition) is 7. The van der Waals surface area contributed by atoms with Crippen LogP contribution in [0.1, 0.15) is 31.9 Å². The average Bonchev–Trinajstić information content (AvgIpc) is 3.36. The molecule has 11 nitrogen and oxygen atoms in total. The van der Waals surface area contributed by atoms with Gasteiger partial charge in [-0.2, -0.15) is 5.10 Å². The lowest BCUT2D eigenvalue weighted by atomic mass is 10.2. The number of aromatic nitrogens is 2. The lowest BCUT2D eigenvalue weighted by molar-refractivity contribution is -0.130. The molecule has 0 bridgehead atoms. The minimum Gasteiger partial charge on any atom is -0.493 e. The molecule has 0 atom stereocenters. The van der Waals surface area contributed by atoms with E-state index >= 15 is 0 Å². The molecule has 0 unspecified atom stereocenters. The van der Waals surface area contributed by atoms with Crippen LogP contribution in [0, 0.1) is 0 Å². The van der Waals surface area contributed by atoms with Gasteiger partial charge in [-0.3, -0.25) is 14.8 Å². The van der Waals surface area contributed by atoms with Crippen molar-refractivity contribution in [1.29, 1.82) is 0 Å². The van der Waals surface area contributed by atoms with Crippen LogP contribution < -0.4 is 5.69 Å². The fraction of sp³-hybridized carbons (Fsp3) is 0.474. The maximum absolute atomic E-state index is 11.6. The van der Waals surface area contributed by atoms with Gasteiger partial charge in [0, 0.05) is 57.4 Å². The van der Waals surface area contributed by atoms with Gasteiger partial charge in [0.25, 0.3) is 0 Å². The van der Waals surface area contributed by atoms with Crippen molar-refractivity contribution in [1.82, 2.24) is 19.8 Å². The van der Waals surface area contributed by atoms with Crippen molar-refractivity contribution in [3.8, 4) is 5.88 Å². The smallest absolute Gasteiger partial charge is 0.326 e. The van der Waals surface area contributed by atoms with Crippen molar-refractivity contribution < 1.29 is 9.90 Å². The Kier molecular flexibility index (Phi) is 5.59. The second kappa shape index (κ2) is 8.47. The van der Waals surface area contributed by atoms with E-state index in [2.05, 4.69) is 30.1 Å². The van der Waals surface area contributed by atoms with E-state index in [0.717, 1.165) is 18.7 Å². The molecule has 30 heavy (non-hydrogen) atoms. The Hall–Kier alpha value is -3.50. The number of hydrogen-bond donors (Lipinski definition) is 3. The second-order valence-corrected chi connectivity index (χ2v) is 7.40. The minimum absolute atomic E-state index is 0.0718. The minimum atomic E-state index is -0.503. The maximum atomic E-state index is 11.6. The van der Waals surface area contributed by atoms with E-state index in [4.69, 9.17) is 4.99 Å². The first kappa shape index (κ1) is 19.8. The zero-order valence-electron chi connectivity index (χ0n) is 16.7. The number of amidine groups is 2. The van der Waals surface area contributed by atoms with Gasteiger partial charge in [0.15, 0.2) is 5.84 Å². The zero-order chi connectivity index (χ0) is 21.1. The van der Waals surface area contributed by atoms with Gasteiger partial charge in [0.05, 0.1) is 6.21 Å². The summed E-state index contributed by atoms with van der Waals surface area (Å²) in [5.41, 5.74) is 0.300. The molecule has 158 valence electrons. The van der Waals surface area contributed by atoms with E-state index in [0.29, 0.717) is 50.1 Å². The molecule has 0 aromatic carbocycles. The van der Waals surface area contributed by atoms with Crippen molar-refractivity contribution in [3.63, 3.8) is 0 Å². The van der Waals surface area contributed by atoms with Gasteiger partial charge >= 0.3 is 5.69 Å². The van der Waals surface area contributed by atoms with Crippen LogP contribution in [-0.4, -0.2) is 87.1 Å². The molecule has 1 amide bonds. The van der Waals surface area contributed by atoms with E-state index in [9.17, 15) is 14.7 Å². The fourth-order valence-electron chi connectivity index (χ4n) is 3.25. The Bertz CT molecular complexity index is 1020. The number of nitrogens with one attached hydrogen (secondary N) is 2. The number of aromatic hydroxyl groups is 1. The molecule has 0 spiro atoms. The number of piperazine rings is 1. The van der Waals surface area contributed by atoms with Gasteiger partial charge in [0.1, 0.15) is 11.5 Å². The van der Waals surface area contributed by atoms with E-state index in [1.54, 1.807) is 13.0 Å². The van der Waals surface area contributed by atoms with Crippen LogP contribution in [0.3, 0.4) is 0 Å². The molecule has 1 aromatic rings.